The predicted octanol–water partition coefficient (Wildman–Crippen LogP) is 10.7. The first-order chi connectivity index (χ1) is 21.4. The quantitative estimate of drug-likeness (QED) is 0.0295. The Bertz CT molecular complexity index is 642. The number of hydrogen-bond acceptors (Lipinski definition) is 7. The average Bonchev–Trinajstić information content (AvgIpc) is 3.01. The van der Waals surface area contributed by atoms with Crippen LogP contribution in [-0.4, -0.2) is 62.9 Å². The van der Waals surface area contributed by atoms with Gasteiger partial charge in [-0.2, -0.15) is 0 Å². The van der Waals surface area contributed by atoms with Gasteiger partial charge in [0.05, 0.1) is 0 Å². The molecule has 0 rings (SSSR count). The van der Waals surface area contributed by atoms with E-state index in [4.69, 9.17) is 13.3 Å². The van der Waals surface area contributed by atoms with Crippen molar-refractivity contribution in [3.05, 3.63) is 0 Å². The Kier molecular flexibility index (Phi) is 31.2. The summed E-state index contributed by atoms with van der Waals surface area (Å²) in [4.78, 5) is 27.0. The number of Topliss-reactive ketones (excluding diaryl/α,β-unsaturated/α-hetero) is 1. The van der Waals surface area contributed by atoms with Crippen LogP contribution < -0.4 is 0 Å². The van der Waals surface area contributed by atoms with E-state index in [0.29, 0.717) is 31.4 Å². The molecule has 0 radical (unpaired) electrons. The molecule has 262 valence electrons. The summed E-state index contributed by atoms with van der Waals surface area (Å²) < 4.78 is 19.4. The summed E-state index contributed by atoms with van der Waals surface area (Å²) in [6.45, 7) is 16.0. The summed E-state index contributed by atoms with van der Waals surface area (Å²) in [5, 5.41) is -0.308. The van der Waals surface area contributed by atoms with Crippen LogP contribution in [0.15, 0.2) is 0 Å². The van der Waals surface area contributed by atoms with Crippen molar-refractivity contribution in [3.8, 4) is 0 Å². The number of carbonyl (C=O) groups excluding carboxylic acids is 2. The number of thioether (sulfide) groups is 1. The minimum Gasteiger partial charge on any atom is -0.374 e. The van der Waals surface area contributed by atoms with Crippen LogP contribution in [-0.2, 0) is 22.9 Å². The van der Waals surface area contributed by atoms with Gasteiger partial charge in [-0.25, -0.2) is 0 Å². The second-order valence-corrected chi connectivity index (χ2v) is 16.1. The normalized spacial score (nSPS) is 12.7. The highest BCUT2D eigenvalue weighted by molar-refractivity contribution is 8.15. The van der Waals surface area contributed by atoms with E-state index in [1.807, 2.05) is 13.8 Å². The molecule has 0 bridgehead atoms. The molecule has 0 aromatic heterocycles. The lowest BCUT2D eigenvalue weighted by Crippen LogP contribution is -2.52. The maximum absolute atomic E-state index is 12.3. The molecule has 0 aliphatic rings. The smallest absolute Gasteiger partial charge is 0.374 e. The van der Waals surface area contributed by atoms with Gasteiger partial charge in [0, 0.05) is 44.5 Å². The maximum atomic E-state index is 12.3. The lowest BCUT2D eigenvalue weighted by atomic mass is 10.1. The van der Waals surface area contributed by atoms with E-state index in [1.165, 1.54) is 103 Å². The molecule has 0 saturated carbocycles. The average molecular weight is 660 g/mol. The molecule has 0 amide bonds. The zero-order valence-electron chi connectivity index (χ0n) is 30.1. The first kappa shape index (κ1) is 43.7. The number of nitrogens with zero attached hydrogens (tertiary/aromatic N) is 1. The molecule has 0 aliphatic carbocycles. The topological polar surface area (TPSA) is 65.1 Å². The van der Waals surface area contributed by atoms with E-state index in [-0.39, 0.29) is 17.1 Å². The minimum atomic E-state index is -2.94. The van der Waals surface area contributed by atoms with Crippen LogP contribution in [0.4, 0.5) is 0 Å². The van der Waals surface area contributed by atoms with Crippen LogP contribution in [0, 0.1) is 0 Å². The van der Waals surface area contributed by atoms with Gasteiger partial charge in [-0.15, -0.1) is 0 Å². The highest BCUT2D eigenvalue weighted by Crippen LogP contribution is 2.24. The molecule has 0 fully saturated rings. The third-order valence-electron chi connectivity index (χ3n) is 8.29. The summed E-state index contributed by atoms with van der Waals surface area (Å²) in [6, 6.07) is 0.659. The Morgan fingerprint density at radius 3 is 1.50 bits per heavy atom. The van der Waals surface area contributed by atoms with Crippen molar-refractivity contribution in [2.45, 2.75) is 189 Å². The summed E-state index contributed by atoms with van der Waals surface area (Å²) in [5.74, 6) is 0.342. The fourth-order valence-electron chi connectivity index (χ4n) is 5.63. The molecular weight excluding hydrogens is 587 g/mol. The first-order valence-electron chi connectivity index (χ1n) is 18.8. The number of unbranched alkanes of at least 4 members (excludes halogenated alkanes) is 16. The Balaban J connectivity index is 5.07. The van der Waals surface area contributed by atoms with E-state index in [2.05, 4.69) is 32.6 Å². The lowest BCUT2D eigenvalue weighted by Gasteiger charge is -2.37. The van der Waals surface area contributed by atoms with Gasteiger partial charge in [0.25, 0.3) is 5.12 Å². The Labute approximate surface area is 279 Å². The van der Waals surface area contributed by atoms with E-state index in [0.717, 1.165) is 50.5 Å². The Hall–Kier alpha value is -0.253. The molecule has 0 aliphatic heterocycles. The van der Waals surface area contributed by atoms with Gasteiger partial charge in [0.15, 0.2) is 0 Å². The van der Waals surface area contributed by atoms with Crippen molar-refractivity contribution in [2.24, 2.45) is 0 Å². The summed E-state index contributed by atoms with van der Waals surface area (Å²) in [7, 11) is -2.94. The van der Waals surface area contributed by atoms with Crippen LogP contribution in [0.2, 0.25) is 6.04 Å². The molecule has 0 aromatic carbocycles. The lowest BCUT2D eigenvalue weighted by molar-refractivity contribution is -0.131. The van der Waals surface area contributed by atoms with Gasteiger partial charge in [-0.1, -0.05) is 135 Å². The molecular formula is C36H73NO5SSi. The third-order valence-corrected chi connectivity index (χ3v) is 12.4. The fourth-order valence-corrected chi connectivity index (χ4v) is 9.41. The molecule has 0 spiro atoms. The molecule has 0 aromatic rings. The van der Waals surface area contributed by atoms with Gasteiger partial charge in [0.2, 0.25) is 5.78 Å². The van der Waals surface area contributed by atoms with Crippen LogP contribution >= 0.6 is 11.8 Å². The summed E-state index contributed by atoms with van der Waals surface area (Å²) in [5.41, 5.74) is 0. The number of ketones is 1. The van der Waals surface area contributed by atoms with Crippen molar-refractivity contribution in [1.82, 2.24) is 4.90 Å². The van der Waals surface area contributed by atoms with Crippen LogP contribution in [0.3, 0.4) is 0 Å². The highest BCUT2D eigenvalue weighted by Gasteiger charge is 2.42. The van der Waals surface area contributed by atoms with Crippen LogP contribution in [0.5, 0.6) is 0 Å². The molecule has 1 atom stereocenters. The van der Waals surface area contributed by atoms with E-state index in [9.17, 15) is 9.59 Å². The maximum Gasteiger partial charge on any atom is 0.502 e. The molecule has 8 heteroatoms. The predicted molar refractivity (Wildman–Crippen MR) is 192 cm³/mol. The Morgan fingerprint density at radius 2 is 1.05 bits per heavy atom. The van der Waals surface area contributed by atoms with Crippen molar-refractivity contribution in [3.63, 3.8) is 0 Å². The van der Waals surface area contributed by atoms with Gasteiger partial charge >= 0.3 is 8.80 Å². The van der Waals surface area contributed by atoms with Gasteiger partial charge in [-0.3, -0.25) is 14.5 Å². The van der Waals surface area contributed by atoms with Crippen LogP contribution in [0.25, 0.3) is 0 Å². The molecule has 0 N–H and O–H groups in total. The van der Waals surface area contributed by atoms with Crippen molar-refractivity contribution >= 4 is 31.5 Å². The van der Waals surface area contributed by atoms with Gasteiger partial charge in [0.1, 0.15) is 6.23 Å². The zero-order valence-corrected chi connectivity index (χ0v) is 31.9. The van der Waals surface area contributed by atoms with Crippen LogP contribution in [0.1, 0.15) is 176 Å². The van der Waals surface area contributed by atoms with Crippen molar-refractivity contribution < 1.29 is 22.9 Å². The molecule has 44 heavy (non-hydrogen) atoms. The second-order valence-electron chi connectivity index (χ2n) is 12.4. The number of hydrogen-bond donors (Lipinski definition) is 0. The Morgan fingerprint density at radius 1 is 0.614 bits per heavy atom. The van der Waals surface area contributed by atoms with Crippen molar-refractivity contribution in [2.75, 3.05) is 32.1 Å². The largest absolute Gasteiger partial charge is 0.502 e. The molecule has 1 unspecified atom stereocenters. The first-order valence-corrected chi connectivity index (χ1v) is 21.7. The SMILES string of the molecule is CCCCCCCCCCN(CCCCCCCCCC)C(C)O[Si](CCCSC(=O)C(=O)CCCCC)(OCC)OCC. The summed E-state index contributed by atoms with van der Waals surface area (Å²) in [6.07, 6.45) is 24.9. The number of rotatable bonds is 34. The van der Waals surface area contributed by atoms with E-state index >= 15 is 0 Å². The van der Waals surface area contributed by atoms with E-state index in [1.54, 1.807) is 0 Å². The highest BCUT2D eigenvalue weighted by atomic mass is 32.2. The second kappa shape index (κ2) is 31.4. The van der Waals surface area contributed by atoms with E-state index < -0.39 is 8.80 Å². The van der Waals surface area contributed by atoms with Crippen molar-refractivity contribution in [1.29, 1.82) is 0 Å². The zero-order chi connectivity index (χ0) is 32.7. The summed E-state index contributed by atoms with van der Waals surface area (Å²) >= 11 is 1.14. The fraction of sp³-hybridized carbons (Fsp3) is 0.944. The minimum absolute atomic E-state index is 0.0803. The third kappa shape index (κ3) is 24.0. The number of carbonyl (C=O) groups is 2. The van der Waals surface area contributed by atoms with Gasteiger partial charge in [-0.05, 0) is 46.5 Å². The molecule has 0 saturated heterocycles. The standard InChI is InChI=1S/C36H73NO5SSi/c1-7-12-15-17-19-21-23-26-30-37(31-27-24-22-20-18-16-13-8-2)34(6)42-44(40-10-4,41-11-5)33-28-32-43-36(39)35(38)29-25-14-9-3/h34H,7-33H2,1-6H3. The monoisotopic (exact) mass is 659 g/mol. The molecule has 0 heterocycles. The molecule has 6 nitrogen and oxygen atoms in total. The van der Waals surface area contributed by atoms with Gasteiger partial charge < -0.3 is 13.3 Å².